The molecule has 0 bridgehead atoms. The Morgan fingerprint density at radius 1 is 1.44 bits per heavy atom. The van der Waals surface area contributed by atoms with Crippen LogP contribution in [0.25, 0.3) is 0 Å². The first-order valence-corrected chi connectivity index (χ1v) is 6.66. The summed E-state index contributed by atoms with van der Waals surface area (Å²) in [4.78, 5) is 13.0. The lowest BCUT2D eigenvalue weighted by molar-refractivity contribution is -0.137. The van der Waals surface area contributed by atoms with Gasteiger partial charge in [0.25, 0.3) is 0 Å². The van der Waals surface area contributed by atoms with Crippen molar-refractivity contribution in [3.8, 4) is 0 Å². The third kappa shape index (κ3) is 5.50. The Kier molecular flexibility index (Phi) is 6.46. The van der Waals surface area contributed by atoms with E-state index in [2.05, 4.69) is 11.8 Å². The van der Waals surface area contributed by atoms with E-state index >= 15 is 0 Å². The summed E-state index contributed by atoms with van der Waals surface area (Å²) in [5.74, 6) is -0.0328. The highest BCUT2D eigenvalue weighted by molar-refractivity contribution is 5.66. The predicted molar refractivity (Wildman–Crippen MR) is 65.6 cm³/mol. The lowest BCUT2D eigenvalue weighted by atomic mass is 9.93. The van der Waals surface area contributed by atoms with Gasteiger partial charge >= 0.3 is 5.97 Å². The van der Waals surface area contributed by atoms with Crippen molar-refractivity contribution in [3.63, 3.8) is 0 Å². The van der Waals surface area contributed by atoms with Gasteiger partial charge < -0.3 is 10.0 Å². The Hall–Kier alpha value is -0.570. The maximum absolute atomic E-state index is 10.5. The highest BCUT2D eigenvalue weighted by Crippen LogP contribution is 2.21. The van der Waals surface area contributed by atoms with Gasteiger partial charge in [0.15, 0.2) is 0 Å². The fourth-order valence-electron chi connectivity index (χ4n) is 2.50. The third-order valence-electron chi connectivity index (χ3n) is 3.45. The molecule has 0 aromatic heterocycles. The Labute approximate surface area is 98.8 Å². The van der Waals surface area contributed by atoms with E-state index in [1.807, 2.05) is 0 Å². The van der Waals surface area contributed by atoms with Crippen molar-refractivity contribution in [1.82, 2.24) is 4.90 Å². The fraction of sp³-hybridized carbons (Fsp3) is 0.923. The summed E-state index contributed by atoms with van der Waals surface area (Å²) >= 11 is 0. The number of nitrogens with zero attached hydrogens (tertiary/aromatic N) is 1. The number of hydrogen-bond donors (Lipinski definition) is 1. The molecule has 0 aromatic rings. The van der Waals surface area contributed by atoms with Crippen molar-refractivity contribution in [2.45, 2.75) is 51.9 Å². The topological polar surface area (TPSA) is 40.5 Å². The van der Waals surface area contributed by atoms with E-state index in [1.54, 1.807) is 0 Å². The molecule has 1 atom stereocenters. The van der Waals surface area contributed by atoms with Crippen LogP contribution in [0.3, 0.4) is 0 Å². The molecule has 0 aliphatic carbocycles. The second-order valence-electron chi connectivity index (χ2n) is 4.95. The third-order valence-corrected chi connectivity index (χ3v) is 3.45. The molecule has 0 amide bonds. The van der Waals surface area contributed by atoms with Crippen LogP contribution in [0.2, 0.25) is 0 Å². The van der Waals surface area contributed by atoms with E-state index in [1.165, 1.54) is 45.2 Å². The number of carboxylic acids is 1. The van der Waals surface area contributed by atoms with Crippen LogP contribution in [0.4, 0.5) is 0 Å². The van der Waals surface area contributed by atoms with Crippen LogP contribution in [0.15, 0.2) is 0 Å². The van der Waals surface area contributed by atoms with E-state index in [0.717, 1.165) is 13.0 Å². The number of unbranched alkanes of at least 4 members (excludes halogenated alkanes) is 2. The SMILES string of the molecule is CCCCCN1CCCC(CCC(=O)O)C1. The molecule has 0 radical (unpaired) electrons. The number of aliphatic carboxylic acids is 1. The van der Waals surface area contributed by atoms with Crippen molar-refractivity contribution in [2.24, 2.45) is 5.92 Å². The molecule has 1 unspecified atom stereocenters. The number of hydrogen-bond acceptors (Lipinski definition) is 2. The average molecular weight is 227 g/mol. The van der Waals surface area contributed by atoms with Gasteiger partial charge in [0.2, 0.25) is 0 Å². The molecule has 1 fully saturated rings. The maximum Gasteiger partial charge on any atom is 0.303 e. The summed E-state index contributed by atoms with van der Waals surface area (Å²) < 4.78 is 0. The van der Waals surface area contributed by atoms with E-state index in [9.17, 15) is 4.79 Å². The molecule has 0 aromatic carbocycles. The van der Waals surface area contributed by atoms with Crippen LogP contribution in [0.5, 0.6) is 0 Å². The monoisotopic (exact) mass is 227 g/mol. The number of carbonyl (C=O) groups is 1. The number of rotatable bonds is 7. The van der Waals surface area contributed by atoms with Gasteiger partial charge in [0.05, 0.1) is 0 Å². The van der Waals surface area contributed by atoms with E-state index in [4.69, 9.17) is 5.11 Å². The zero-order valence-corrected chi connectivity index (χ0v) is 10.5. The zero-order valence-electron chi connectivity index (χ0n) is 10.5. The van der Waals surface area contributed by atoms with E-state index in [0.29, 0.717) is 12.3 Å². The molecule has 1 saturated heterocycles. The zero-order chi connectivity index (χ0) is 11.8. The predicted octanol–water partition coefficient (Wildman–Crippen LogP) is 2.75. The van der Waals surface area contributed by atoms with Crippen molar-refractivity contribution >= 4 is 5.97 Å². The first-order chi connectivity index (χ1) is 7.72. The number of likely N-dealkylation sites (tertiary alicyclic amines) is 1. The van der Waals surface area contributed by atoms with Gasteiger partial charge in [-0.15, -0.1) is 0 Å². The Balaban J connectivity index is 2.16. The van der Waals surface area contributed by atoms with Crippen LogP contribution >= 0.6 is 0 Å². The summed E-state index contributed by atoms with van der Waals surface area (Å²) in [7, 11) is 0. The van der Waals surface area contributed by atoms with Gasteiger partial charge in [-0.3, -0.25) is 4.79 Å². The molecule has 0 saturated carbocycles. The van der Waals surface area contributed by atoms with Crippen LogP contribution in [0, 0.1) is 5.92 Å². The Bertz CT molecular complexity index is 206. The molecule has 0 spiro atoms. The largest absolute Gasteiger partial charge is 0.481 e. The molecular weight excluding hydrogens is 202 g/mol. The molecule has 1 aliphatic rings. The van der Waals surface area contributed by atoms with Gasteiger partial charge in [0.1, 0.15) is 0 Å². The molecule has 1 N–H and O–H groups in total. The Morgan fingerprint density at radius 3 is 2.94 bits per heavy atom. The summed E-state index contributed by atoms with van der Waals surface area (Å²) in [6, 6.07) is 0. The molecule has 1 aliphatic heterocycles. The number of carboxylic acid groups (broad SMARTS) is 1. The average Bonchev–Trinajstić information content (AvgIpc) is 2.27. The summed E-state index contributed by atoms with van der Waals surface area (Å²) in [5.41, 5.74) is 0. The Morgan fingerprint density at radius 2 is 2.25 bits per heavy atom. The summed E-state index contributed by atoms with van der Waals surface area (Å²) in [5, 5.41) is 8.67. The van der Waals surface area contributed by atoms with Gasteiger partial charge in [0, 0.05) is 13.0 Å². The van der Waals surface area contributed by atoms with Gasteiger partial charge in [-0.2, -0.15) is 0 Å². The summed E-state index contributed by atoms with van der Waals surface area (Å²) in [6.07, 6.45) is 7.55. The van der Waals surface area contributed by atoms with Crippen LogP contribution in [-0.4, -0.2) is 35.6 Å². The molecule has 16 heavy (non-hydrogen) atoms. The van der Waals surface area contributed by atoms with Crippen LogP contribution in [0.1, 0.15) is 51.9 Å². The minimum absolute atomic E-state index is 0.341. The standard InChI is InChI=1S/C13H25NO2/c1-2-3-4-9-14-10-5-6-12(11-14)7-8-13(15)16/h12H,2-11H2,1H3,(H,15,16). The second kappa shape index (κ2) is 7.66. The smallest absolute Gasteiger partial charge is 0.303 e. The highest BCUT2D eigenvalue weighted by atomic mass is 16.4. The quantitative estimate of drug-likeness (QED) is 0.680. The van der Waals surface area contributed by atoms with Gasteiger partial charge in [-0.25, -0.2) is 0 Å². The number of piperidine rings is 1. The molecule has 1 heterocycles. The normalized spacial score (nSPS) is 22.2. The highest BCUT2D eigenvalue weighted by Gasteiger charge is 2.19. The fourth-order valence-corrected chi connectivity index (χ4v) is 2.50. The van der Waals surface area contributed by atoms with Crippen LogP contribution < -0.4 is 0 Å². The van der Waals surface area contributed by atoms with E-state index < -0.39 is 5.97 Å². The lowest BCUT2D eigenvalue weighted by Gasteiger charge is -2.32. The van der Waals surface area contributed by atoms with E-state index in [-0.39, 0.29) is 0 Å². The molecule has 3 heteroatoms. The lowest BCUT2D eigenvalue weighted by Crippen LogP contribution is -2.36. The van der Waals surface area contributed by atoms with Crippen molar-refractivity contribution in [3.05, 3.63) is 0 Å². The van der Waals surface area contributed by atoms with Crippen molar-refractivity contribution < 1.29 is 9.90 Å². The molecule has 94 valence electrons. The summed E-state index contributed by atoms with van der Waals surface area (Å²) in [6.45, 7) is 5.77. The first kappa shape index (κ1) is 13.5. The maximum atomic E-state index is 10.5. The van der Waals surface area contributed by atoms with Crippen molar-refractivity contribution in [1.29, 1.82) is 0 Å². The van der Waals surface area contributed by atoms with Crippen LogP contribution in [-0.2, 0) is 4.79 Å². The minimum Gasteiger partial charge on any atom is -0.481 e. The van der Waals surface area contributed by atoms with Gasteiger partial charge in [-0.1, -0.05) is 19.8 Å². The minimum atomic E-state index is -0.650. The van der Waals surface area contributed by atoms with Crippen molar-refractivity contribution in [2.75, 3.05) is 19.6 Å². The second-order valence-corrected chi connectivity index (χ2v) is 4.95. The molecule has 3 nitrogen and oxygen atoms in total. The molecular formula is C13H25NO2. The molecule has 1 rings (SSSR count). The first-order valence-electron chi connectivity index (χ1n) is 6.66. The van der Waals surface area contributed by atoms with Gasteiger partial charge in [-0.05, 0) is 44.7 Å².